The number of nitrogens with zero attached hydrogens (tertiary/aromatic N) is 2. The zero-order chi connectivity index (χ0) is 22.4. The van der Waals surface area contributed by atoms with Crippen molar-refractivity contribution in [1.82, 2.24) is 4.31 Å². The SMILES string of the molecule is Cc1ccc(NC(=O)CCc2ccc(S(=O)(=O)N3CCCCCC3)cc2)cc1[N+](=O)[O-]. The number of amides is 1. The van der Waals surface area contributed by atoms with E-state index in [1.807, 2.05) is 0 Å². The van der Waals surface area contributed by atoms with Crippen LogP contribution < -0.4 is 5.32 Å². The molecule has 1 saturated heterocycles. The zero-order valence-electron chi connectivity index (χ0n) is 17.5. The summed E-state index contributed by atoms with van der Waals surface area (Å²) >= 11 is 0. The van der Waals surface area contributed by atoms with E-state index >= 15 is 0 Å². The van der Waals surface area contributed by atoms with Crippen molar-refractivity contribution in [2.24, 2.45) is 0 Å². The minimum atomic E-state index is -3.49. The van der Waals surface area contributed by atoms with Gasteiger partial charge in [0, 0.05) is 36.8 Å². The van der Waals surface area contributed by atoms with Crippen molar-refractivity contribution < 1.29 is 18.1 Å². The van der Waals surface area contributed by atoms with Crippen LogP contribution in [0.3, 0.4) is 0 Å². The number of hydrogen-bond acceptors (Lipinski definition) is 5. The van der Waals surface area contributed by atoms with E-state index in [-0.39, 0.29) is 22.9 Å². The lowest BCUT2D eigenvalue weighted by atomic mass is 10.1. The van der Waals surface area contributed by atoms with Crippen LogP contribution in [0.25, 0.3) is 0 Å². The summed E-state index contributed by atoms with van der Waals surface area (Å²) in [4.78, 5) is 23.1. The van der Waals surface area contributed by atoms with Gasteiger partial charge in [-0.15, -0.1) is 0 Å². The van der Waals surface area contributed by atoms with Gasteiger partial charge in [0.25, 0.3) is 5.69 Å². The van der Waals surface area contributed by atoms with Crippen LogP contribution in [0.4, 0.5) is 11.4 Å². The topological polar surface area (TPSA) is 110 Å². The number of rotatable bonds is 7. The highest BCUT2D eigenvalue weighted by Crippen LogP contribution is 2.23. The molecule has 0 saturated carbocycles. The molecule has 3 rings (SSSR count). The van der Waals surface area contributed by atoms with Crippen LogP contribution in [-0.2, 0) is 21.2 Å². The molecule has 0 bridgehead atoms. The Morgan fingerprint density at radius 2 is 1.71 bits per heavy atom. The third-order valence-corrected chi connectivity index (χ3v) is 7.37. The van der Waals surface area contributed by atoms with Gasteiger partial charge in [-0.25, -0.2) is 8.42 Å². The van der Waals surface area contributed by atoms with E-state index in [9.17, 15) is 23.3 Å². The molecule has 0 spiro atoms. The first-order chi connectivity index (χ1) is 14.8. The van der Waals surface area contributed by atoms with Crippen LogP contribution in [0.5, 0.6) is 0 Å². The van der Waals surface area contributed by atoms with E-state index in [2.05, 4.69) is 5.32 Å². The highest BCUT2D eigenvalue weighted by Gasteiger charge is 2.24. The lowest BCUT2D eigenvalue weighted by Gasteiger charge is -2.20. The summed E-state index contributed by atoms with van der Waals surface area (Å²) in [6, 6.07) is 11.2. The fourth-order valence-corrected chi connectivity index (χ4v) is 5.14. The highest BCUT2D eigenvalue weighted by atomic mass is 32.2. The number of aryl methyl sites for hydroxylation is 2. The van der Waals surface area contributed by atoms with Crippen LogP contribution in [0.2, 0.25) is 0 Å². The smallest absolute Gasteiger partial charge is 0.274 e. The number of benzene rings is 2. The predicted molar refractivity (Wildman–Crippen MR) is 118 cm³/mol. The van der Waals surface area contributed by atoms with Crippen molar-refractivity contribution in [2.45, 2.75) is 50.3 Å². The minimum Gasteiger partial charge on any atom is -0.326 e. The van der Waals surface area contributed by atoms with E-state index in [1.165, 1.54) is 6.07 Å². The van der Waals surface area contributed by atoms with E-state index in [0.29, 0.717) is 30.8 Å². The molecule has 1 aliphatic rings. The Morgan fingerprint density at radius 1 is 1.06 bits per heavy atom. The number of carbonyl (C=O) groups excluding carboxylic acids is 1. The number of anilines is 1. The summed E-state index contributed by atoms with van der Waals surface area (Å²) in [6.07, 6.45) is 4.50. The summed E-state index contributed by atoms with van der Waals surface area (Å²) in [6.45, 7) is 2.75. The molecule has 31 heavy (non-hydrogen) atoms. The molecule has 1 N–H and O–H groups in total. The van der Waals surface area contributed by atoms with E-state index in [1.54, 1.807) is 47.6 Å². The summed E-state index contributed by atoms with van der Waals surface area (Å²) in [5.41, 5.74) is 1.71. The molecule has 2 aromatic carbocycles. The largest absolute Gasteiger partial charge is 0.326 e. The van der Waals surface area contributed by atoms with Crippen LogP contribution in [0.1, 0.15) is 43.2 Å². The Morgan fingerprint density at radius 3 is 2.32 bits per heavy atom. The molecule has 0 atom stereocenters. The molecule has 1 fully saturated rings. The van der Waals surface area contributed by atoms with Crippen molar-refractivity contribution in [3.05, 3.63) is 63.7 Å². The lowest BCUT2D eigenvalue weighted by Crippen LogP contribution is -2.31. The molecule has 0 unspecified atom stereocenters. The predicted octanol–water partition coefficient (Wildman–Crippen LogP) is 4.04. The maximum Gasteiger partial charge on any atom is 0.274 e. The molecule has 0 aromatic heterocycles. The maximum atomic E-state index is 12.8. The Balaban J connectivity index is 1.58. The van der Waals surface area contributed by atoms with Gasteiger partial charge in [0.2, 0.25) is 15.9 Å². The first-order valence-corrected chi connectivity index (χ1v) is 11.9. The second-order valence-corrected chi connectivity index (χ2v) is 9.71. The third-order valence-electron chi connectivity index (χ3n) is 5.46. The van der Waals surface area contributed by atoms with E-state index in [4.69, 9.17) is 0 Å². The average molecular weight is 446 g/mol. The number of carbonyl (C=O) groups is 1. The third kappa shape index (κ3) is 5.89. The van der Waals surface area contributed by atoms with Crippen molar-refractivity contribution >= 4 is 27.3 Å². The van der Waals surface area contributed by atoms with Crippen molar-refractivity contribution in [1.29, 1.82) is 0 Å². The molecule has 0 radical (unpaired) electrons. The molecule has 2 aromatic rings. The number of nitrogens with one attached hydrogen (secondary N) is 1. The average Bonchev–Trinajstić information content (AvgIpc) is 3.04. The molecular formula is C22H27N3O5S. The molecule has 0 aliphatic carbocycles. The van der Waals surface area contributed by atoms with E-state index < -0.39 is 14.9 Å². The van der Waals surface area contributed by atoms with Gasteiger partial charge >= 0.3 is 0 Å². The van der Waals surface area contributed by atoms with Crippen molar-refractivity contribution in [2.75, 3.05) is 18.4 Å². The number of sulfonamides is 1. The Kier molecular flexibility index (Phi) is 7.40. The number of nitro groups is 1. The van der Waals surface area contributed by atoms with Crippen LogP contribution in [0.15, 0.2) is 47.4 Å². The van der Waals surface area contributed by atoms with Gasteiger partial charge < -0.3 is 5.32 Å². The fraction of sp³-hybridized carbons (Fsp3) is 0.409. The molecule has 166 valence electrons. The quantitative estimate of drug-likeness (QED) is 0.511. The van der Waals surface area contributed by atoms with Gasteiger partial charge in [0.1, 0.15) is 0 Å². The normalized spacial score (nSPS) is 15.3. The highest BCUT2D eigenvalue weighted by molar-refractivity contribution is 7.89. The molecule has 1 aliphatic heterocycles. The van der Waals surface area contributed by atoms with Gasteiger partial charge in [0.15, 0.2) is 0 Å². The monoisotopic (exact) mass is 445 g/mol. The molecule has 1 amide bonds. The Hall–Kier alpha value is -2.78. The second kappa shape index (κ2) is 10.0. The van der Waals surface area contributed by atoms with Crippen LogP contribution in [-0.4, -0.2) is 36.6 Å². The van der Waals surface area contributed by atoms with Gasteiger partial charge in [0.05, 0.1) is 9.82 Å². The Bertz CT molecular complexity index is 1040. The van der Waals surface area contributed by atoms with Crippen LogP contribution in [0, 0.1) is 17.0 Å². The maximum absolute atomic E-state index is 12.8. The standard InChI is InChI=1S/C22H27N3O5S/c1-17-6-10-19(16-21(17)25(27)28)23-22(26)13-9-18-7-11-20(12-8-18)31(29,30)24-14-4-2-3-5-15-24/h6-8,10-12,16H,2-5,9,13-15H2,1H3,(H,23,26). The number of hydrogen-bond donors (Lipinski definition) is 1. The summed E-state index contributed by atoms with van der Waals surface area (Å²) in [5, 5.41) is 13.7. The Labute approximate surface area is 182 Å². The minimum absolute atomic E-state index is 0.0426. The van der Waals surface area contributed by atoms with Crippen molar-refractivity contribution in [3.63, 3.8) is 0 Å². The molecule has 1 heterocycles. The van der Waals surface area contributed by atoms with Gasteiger partial charge in [-0.05, 0) is 49.9 Å². The first-order valence-electron chi connectivity index (χ1n) is 10.4. The second-order valence-electron chi connectivity index (χ2n) is 7.77. The lowest BCUT2D eigenvalue weighted by molar-refractivity contribution is -0.385. The van der Waals surface area contributed by atoms with Crippen LogP contribution >= 0.6 is 0 Å². The zero-order valence-corrected chi connectivity index (χ0v) is 18.4. The summed E-state index contributed by atoms with van der Waals surface area (Å²) < 4.78 is 27.2. The first kappa shape index (κ1) is 22.9. The van der Waals surface area contributed by atoms with E-state index in [0.717, 1.165) is 31.2 Å². The fourth-order valence-electron chi connectivity index (χ4n) is 3.62. The van der Waals surface area contributed by atoms with Crippen molar-refractivity contribution in [3.8, 4) is 0 Å². The van der Waals surface area contributed by atoms with Gasteiger partial charge in [-0.1, -0.05) is 31.0 Å². The molecule has 9 heteroatoms. The van der Waals surface area contributed by atoms with Gasteiger partial charge in [-0.3, -0.25) is 14.9 Å². The van der Waals surface area contributed by atoms with Gasteiger partial charge in [-0.2, -0.15) is 4.31 Å². The molecular weight excluding hydrogens is 418 g/mol. The summed E-state index contributed by atoms with van der Waals surface area (Å²) in [5.74, 6) is -0.264. The summed E-state index contributed by atoms with van der Waals surface area (Å²) in [7, 11) is -3.49. The number of nitro benzene ring substituents is 1. The molecule has 8 nitrogen and oxygen atoms in total.